The normalized spacial score (nSPS) is 28.7. The van der Waals surface area contributed by atoms with E-state index in [0.717, 1.165) is 54.7 Å². The second-order valence-corrected chi connectivity index (χ2v) is 9.71. The number of benzene rings is 3. The molecule has 1 fully saturated rings. The van der Waals surface area contributed by atoms with Gasteiger partial charge >= 0.3 is 0 Å². The van der Waals surface area contributed by atoms with Crippen molar-refractivity contribution in [2.75, 3.05) is 13.7 Å². The highest BCUT2D eigenvalue weighted by atomic mass is 16.6. The van der Waals surface area contributed by atoms with Gasteiger partial charge in [-0.1, -0.05) is 36.4 Å². The fourth-order valence-corrected chi connectivity index (χ4v) is 6.96. The predicted octanol–water partition coefficient (Wildman–Crippen LogP) is 4.13. The number of aliphatic hydroxyl groups excluding tert-OH is 1. The van der Waals surface area contributed by atoms with Gasteiger partial charge < -0.3 is 29.0 Å². The number of para-hydroxylation sites is 2. The summed E-state index contributed by atoms with van der Waals surface area (Å²) < 4.78 is 25.7. The summed E-state index contributed by atoms with van der Waals surface area (Å²) in [6, 6.07) is 16.2. The molecule has 8 rings (SSSR count). The predicted molar refractivity (Wildman–Crippen MR) is 129 cm³/mol. The van der Waals surface area contributed by atoms with Gasteiger partial charge in [-0.15, -0.1) is 0 Å². The molecule has 3 aliphatic heterocycles. The number of nitrogens with zero attached hydrogens (tertiary/aromatic N) is 2. The quantitative estimate of drug-likeness (QED) is 0.420. The molecule has 7 heteroatoms. The molecule has 0 radical (unpaired) electrons. The largest absolute Gasteiger partial charge is 0.393 e. The second-order valence-electron chi connectivity index (χ2n) is 9.71. The Balaban J connectivity index is 1.74. The van der Waals surface area contributed by atoms with Crippen molar-refractivity contribution < 1.29 is 20.7 Å². The summed E-state index contributed by atoms with van der Waals surface area (Å²) in [5, 5.41) is 17.8. The van der Waals surface area contributed by atoms with E-state index >= 15 is 0 Å². The van der Waals surface area contributed by atoms with Gasteiger partial charge in [0.1, 0.15) is 11.8 Å². The van der Waals surface area contributed by atoms with Crippen LogP contribution in [0.3, 0.4) is 0 Å². The monoisotopic (exact) mass is 455 g/mol. The van der Waals surface area contributed by atoms with Gasteiger partial charge in [0.2, 0.25) is 0 Å². The van der Waals surface area contributed by atoms with E-state index in [1.54, 1.807) is 7.11 Å². The summed E-state index contributed by atoms with van der Waals surface area (Å²) >= 11 is 0. The molecule has 5 aromatic rings. The standard InChI is InChI=1S/C27H23N3O4/c1-26-27(13-31,33-2)11-19(34-26)29-17-9-5-3-7-14(17)21-22-16(12-28-25(22)32)20-15-8-4-6-10-18(15)30(26)24(20)23(21)29/h3-10,19,31H,11-13H2,1-2H3,(H,28,32)/t19-,26+,27+/m1/s1/i13T/t13?,19-,26+,27+. The third-order valence-electron chi connectivity index (χ3n) is 8.43. The van der Waals surface area contributed by atoms with Gasteiger partial charge in [-0.25, -0.2) is 0 Å². The molecule has 1 saturated heterocycles. The summed E-state index contributed by atoms with van der Waals surface area (Å²) in [6.07, 6.45) is -0.207. The van der Waals surface area contributed by atoms with Crippen molar-refractivity contribution in [1.29, 1.82) is 0 Å². The fourth-order valence-electron chi connectivity index (χ4n) is 6.96. The van der Waals surface area contributed by atoms with Crippen LogP contribution in [0, 0.1) is 0 Å². The van der Waals surface area contributed by atoms with Crippen LogP contribution in [-0.4, -0.2) is 39.4 Å². The molecule has 170 valence electrons. The van der Waals surface area contributed by atoms with Crippen LogP contribution in [-0.2, 0) is 21.7 Å². The summed E-state index contributed by atoms with van der Waals surface area (Å²) in [5.74, 6) is -0.0593. The van der Waals surface area contributed by atoms with E-state index in [-0.39, 0.29) is 12.3 Å². The zero-order valence-corrected chi connectivity index (χ0v) is 18.8. The van der Waals surface area contributed by atoms with Crippen molar-refractivity contribution in [1.82, 2.24) is 14.5 Å². The van der Waals surface area contributed by atoms with Crippen LogP contribution in [0.2, 0.25) is 0 Å². The van der Waals surface area contributed by atoms with Crippen LogP contribution in [0.1, 0.15) is 36.9 Å². The lowest BCUT2D eigenvalue weighted by molar-refractivity contribution is -0.201. The van der Waals surface area contributed by atoms with E-state index in [1.807, 2.05) is 43.3 Å². The Kier molecular flexibility index (Phi) is 3.07. The van der Waals surface area contributed by atoms with Crippen molar-refractivity contribution >= 4 is 49.5 Å². The van der Waals surface area contributed by atoms with Gasteiger partial charge in [-0.2, -0.15) is 0 Å². The first-order valence-corrected chi connectivity index (χ1v) is 11.6. The molecule has 34 heavy (non-hydrogen) atoms. The van der Waals surface area contributed by atoms with Crippen LogP contribution in [0.5, 0.6) is 0 Å². The first kappa shape index (κ1) is 18.0. The number of aromatic nitrogens is 2. The molecule has 0 aliphatic carbocycles. The van der Waals surface area contributed by atoms with Crippen molar-refractivity contribution in [3.63, 3.8) is 0 Å². The number of ether oxygens (including phenoxy) is 2. The maximum absolute atomic E-state index is 13.2. The molecule has 2 N–H and O–H groups in total. The maximum atomic E-state index is 13.2. The van der Waals surface area contributed by atoms with Gasteiger partial charge in [0.25, 0.3) is 5.91 Å². The lowest BCUT2D eigenvalue weighted by Crippen LogP contribution is -2.54. The average molecular weight is 456 g/mol. The van der Waals surface area contributed by atoms with E-state index in [9.17, 15) is 9.90 Å². The summed E-state index contributed by atoms with van der Waals surface area (Å²) in [4.78, 5) is 13.2. The summed E-state index contributed by atoms with van der Waals surface area (Å²) in [5.41, 5.74) is 2.99. The van der Waals surface area contributed by atoms with E-state index < -0.39 is 24.1 Å². The molecule has 2 bridgehead atoms. The SMILES string of the molecule is [3H]C(O)[C@@]1(OC)C[C@H]2O[C@]1(C)n1c3ccccc3c3c4c(c5c6ccccc6n2c5c31)C(=O)NC4. The number of methoxy groups -OCH3 is 1. The fraction of sp³-hybridized carbons (Fsp3) is 0.296. The highest BCUT2D eigenvalue weighted by Crippen LogP contribution is 2.58. The van der Waals surface area contributed by atoms with Crippen LogP contribution in [0.4, 0.5) is 0 Å². The Labute approximate surface area is 195 Å². The van der Waals surface area contributed by atoms with E-state index in [0.29, 0.717) is 6.54 Å². The topological polar surface area (TPSA) is 77.7 Å². The molecule has 5 heterocycles. The molecule has 3 aliphatic rings. The average Bonchev–Trinajstić information content (AvgIpc) is 3.55. The highest BCUT2D eigenvalue weighted by Gasteiger charge is 2.62. The molecule has 7 nitrogen and oxygen atoms in total. The Hall–Kier alpha value is -3.39. The molecular weight excluding hydrogens is 430 g/mol. The molecule has 1 amide bonds. The number of amides is 1. The van der Waals surface area contributed by atoms with Gasteiger partial charge in [0.05, 0.1) is 35.6 Å². The Morgan fingerprint density at radius 1 is 1.15 bits per heavy atom. The molecule has 1 unspecified atom stereocenters. The summed E-state index contributed by atoms with van der Waals surface area (Å²) in [6.45, 7) is 0.832. The minimum Gasteiger partial charge on any atom is -0.393 e. The smallest absolute Gasteiger partial charge is 0.252 e. The van der Waals surface area contributed by atoms with Crippen LogP contribution >= 0.6 is 0 Å². The molecule has 0 spiro atoms. The zero-order chi connectivity index (χ0) is 23.9. The minimum absolute atomic E-state index is 0.0593. The molecule has 3 aromatic carbocycles. The third-order valence-corrected chi connectivity index (χ3v) is 8.43. The zero-order valence-electron chi connectivity index (χ0n) is 19.8. The highest BCUT2D eigenvalue weighted by molar-refractivity contribution is 6.31. The second kappa shape index (κ2) is 5.81. The number of carbonyl (C=O) groups excluding carboxylic acids is 1. The maximum Gasteiger partial charge on any atom is 0.252 e. The molecular formula is C27H23N3O4. The molecule has 2 aromatic heterocycles. The third kappa shape index (κ3) is 1.78. The molecule has 0 saturated carbocycles. The van der Waals surface area contributed by atoms with E-state index in [4.69, 9.17) is 10.8 Å². The first-order chi connectivity index (χ1) is 16.9. The van der Waals surface area contributed by atoms with E-state index in [1.165, 1.54) is 0 Å². The van der Waals surface area contributed by atoms with Crippen LogP contribution < -0.4 is 5.32 Å². The number of nitrogens with one attached hydrogen (secondary N) is 1. The van der Waals surface area contributed by atoms with Crippen molar-refractivity contribution in [2.45, 2.75) is 37.4 Å². The molecule has 4 atom stereocenters. The Bertz CT molecular complexity index is 1790. The van der Waals surface area contributed by atoms with Crippen LogP contribution in [0.15, 0.2) is 48.5 Å². The number of carbonyl (C=O) groups is 1. The number of fused-ring (bicyclic) bond motifs is 13. The number of hydrogen-bond acceptors (Lipinski definition) is 4. The Morgan fingerprint density at radius 2 is 1.85 bits per heavy atom. The van der Waals surface area contributed by atoms with Gasteiger partial charge in [0, 0.05) is 41.6 Å². The minimum atomic E-state index is -1.53. The van der Waals surface area contributed by atoms with Gasteiger partial charge in [-0.3, -0.25) is 4.79 Å². The van der Waals surface area contributed by atoms with Crippen molar-refractivity contribution in [3.8, 4) is 0 Å². The number of rotatable bonds is 2. The van der Waals surface area contributed by atoms with E-state index in [2.05, 4.69) is 26.6 Å². The van der Waals surface area contributed by atoms with Crippen molar-refractivity contribution in [2.24, 2.45) is 0 Å². The lowest BCUT2D eigenvalue weighted by atomic mass is 9.89. The lowest BCUT2D eigenvalue weighted by Gasteiger charge is -2.41. The van der Waals surface area contributed by atoms with Crippen molar-refractivity contribution in [3.05, 3.63) is 59.7 Å². The van der Waals surface area contributed by atoms with Gasteiger partial charge in [0.15, 0.2) is 5.72 Å². The number of aliphatic hydroxyl groups is 1. The van der Waals surface area contributed by atoms with Crippen LogP contribution in [0.25, 0.3) is 43.6 Å². The van der Waals surface area contributed by atoms with Gasteiger partial charge in [-0.05, 0) is 24.6 Å². The first-order valence-electron chi connectivity index (χ1n) is 12.1. The summed E-state index contributed by atoms with van der Waals surface area (Å²) in [7, 11) is 1.54. The number of hydrogen-bond donors (Lipinski definition) is 2. The Morgan fingerprint density at radius 3 is 2.59 bits per heavy atom.